The summed E-state index contributed by atoms with van der Waals surface area (Å²) >= 11 is 5.80. The van der Waals surface area contributed by atoms with E-state index in [1.165, 1.54) is 0 Å². The molecule has 2 rings (SSSR count). The Morgan fingerprint density at radius 1 is 0.864 bits per heavy atom. The fourth-order valence-electron chi connectivity index (χ4n) is 1.59. The Hall–Kier alpha value is -1.76. The molecule has 0 saturated carbocycles. The molecule has 0 fully saturated rings. The van der Waals surface area contributed by atoms with Crippen LogP contribution in [0.25, 0.3) is 0 Å². The minimum atomic E-state index is -3.43. The third-order valence-electron chi connectivity index (χ3n) is 2.52. The first-order valence-electron chi connectivity index (χ1n) is 6.43. The first kappa shape index (κ1) is 16.6. The van der Waals surface area contributed by atoms with Crippen LogP contribution in [0.15, 0.2) is 48.5 Å². The fourth-order valence-corrected chi connectivity index (χ4v) is 2.08. The lowest BCUT2D eigenvalue weighted by Crippen LogP contribution is -2.11. The summed E-state index contributed by atoms with van der Waals surface area (Å²) < 4.78 is 37.1. The molecule has 0 spiro atoms. The van der Waals surface area contributed by atoms with Gasteiger partial charge in [0.2, 0.25) is 0 Å². The molecule has 5 nitrogen and oxygen atoms in total. The van der Waals surface area contributed by atoms with Crippen LogP contribution in [0.1, 0.15) is 0 Å². The summed E-state index contributed by atoms with van der Waals surface area (Å²) in [7, 11) is -3.43. The molecule has 0 bridgehead atoms. The molecule has 0 atom stereocenters. The van der Waals surface area contributed by atoms with E-state index >= 15 is 0 Å². The van der Waals surface area contributed by atoms with E-state index in [-0.39, 0.29) is 13.2 Å². The number of hydrogen-bond donors (Lipinski definition) is 0. The van der Waals surface area contributed by atoms with E-state index in [1.54, 1.807) is 48.5 Å². The Balaban J connectivity index is 1.83. The van der Waals surface area contributed by atoms with Crippen molar-refractivity contribution in [3.8, 4) is 17.2 Å². The summed E-state index contributed by atoms with van der Waals surface area (Å²) in [5.41, 5.74) is 0. The van der Waals surface area contributed by atoms with E-state index in [1.807, 2.05) is 0 Å². The summed E-state index contributed by atoms with van der Waals surface area (Å²) in [4.78, 5) is 0. The molecule has 7 heteroatoms. The van der Waals surface area contributed by atoms with Crippen molar-refractivity contribution in [3.05, 3.63) is 53.6 Å². The smallest absolute Gasteiger partial charge is 0.264 e. The lowest BCUT2D eigenvalue weighted by molar-refractivity contribution is 0.222. The minimum Gasteiger partial charge on any atom is -0.491 e. The summed E-state index contributed by atoms with van der Waals surface area (Å²) in [5.74, 6) is 1.93. The van der Waals surface area contributed by atoms with Crippen LogP contribution >= 0.6 is 11.6 Å². The summed E-state index contributed by atoms with van der Waals surface area (Å²) in [6, 6.07) is 14.0. The lowest BCUT2D eigenvalue weighted by Gasteiger charge is -2.08. The molecule has 0 unspecified atom stereocenters. The first-order chi connectivity index (χ1) is 10.4. The van der Waals surface area contributed by atoms with Crippen molar-refractivity contribution < 1.29 is 22.1 Å². The molecule has 0 aliphatic rings. The van der Waals surface area contributed by atoms with Crippen LogP contribution < -0.4 is 9.47 Å². The molecular weight excluding hydrogens is 328 g/mol. The van der Waals surface area contributed by atoms with Gasteiger partial charge in [-0.15, -0.1) is 0 Å². The second-order valence-corrected chi connectivity index (χ2v) is 6.48. The topological polar surface area (TPSA) is 61.8 Å². The lowest BCUT2D eigenvalue weighted by atomic mass is 10.3. The molecule has 0 amide bonds. The number of ether oxygens (including phenoxy) is 2. The first-order valence-corrected chi connectivity index (χ1v) is 8.62. The Kier molecular flexibility index (Phi) is 5.65. The van der Waals surface area contributed by atoms with Crippen LogP contribution in [0.4, 0.5) is 0 Å². The zero-order valence-electron chi connectivity index (χ0n) is 11.9. The van der Waals surface area contributed by atoms with Crippen molar-refractivity contribution in [1.29, 1.82) is 0 Å². The van der Waals surface area contributed by atoms with Crippen molar-refractivity contribution in [2.45, 2.75) is 0 Å². The maximum absolute atomic E-state index is 10.8. The van der Waals surface area contributed by atoms with Gasteiger partial charge in [0.25, 0.3) is 10.1 Å². The SMILES string of the molecule is CS(=O)(=O)OCCOc1ccc(Oc2ccc(Cl)cc2)cc1. The average Bonchev–Trinajstić information content (AvgIpc) is 2.47. The van der Waals surface area contributed by atoms with Gasteiger partial charge in [-0.3, -0.25) is 4.18 Å². The largest absolute Gasteiger partial charge is 0.491 e. The quantitative estimate of drug-likeness (QED) is 0.569. The van der Waals surface area contributed by atoms with Crippen molar-refractivity contribution in [1.82, 2.24) is 0 Å². The van der Waals surface area contributed by atoms with Gasteiger partial charge in [0.1, 0.15) is 30.5 Å². The predicted octanol–water partition coefficient (Wildman–Crippen LogP) is 3.49. The molecule has 0 aromatic heterocycles. The van der Waals surface area contributed by atoms with Crippen LogP contribution in [0.2, 0.25) is 5.02 Å². The highest BCUT2D eigenvalue weighted by molar-refractivity contribution is 7.85. The predicted molar refractivity (Wildman–Crippen MR) is 84.3 cm³/mol. The molecule has 2 aromatic rings. The van der Waals surface area contributed by atoms with Crippen LogP contribution in [0.5, 0.6) is 17.2 Å². The van der Waals surface area contributed by atoms with Gasteiger partial charge in [0.05, 0.1) is 6.26 Å². The van der Waals surface area contributed by atoms with Crippen LogP contribution in [-0.4, -0.2) is 27.9 Å². The average molecular weight is 343 g/mol. The molecule has 0 heterocycles. The molecule has 0 radical (unpaired) electrons. The molecule has 0 saturated heterocycles. The number of halogens is 1. The second kappa shape index (κ2) is 7.49. The van der Waals surface area contributed by atoms with E-state index in [0.717, 1.165) is 6.26 Å². The van der Waals surface area contributed by atoms with Gasteiger partial charge in [0.15, 0.2) is 0 Å². The molecule has 0 aliphatic heterocycles. The maximum Gasteiger partial charge on any atom is 0.264 e. The summed E-state index contributed by atoms with van der Waals surface area (Å²) in [6.07, 6.45) is 0.996. The van der Waals surface area contributed by atoms with Gasteiger partial charge in [-0.1, -0.05) is 11.6 Å². The molecule has 22 heavy (non-hydrogen) atoms. The van der Waals surface area contributed by atoms with Crippen molar-refractivity contribution >= 4 is 21.7 Å². The van der Waals surface area contributed by atoms with Gasteiger partial charge in [0, 0.05) is 5.02 Å². The van der Waals surface area contributed by atoms with Gasteiger partial charge >= 0.3 is 0 Å². The second-order valence-electron chi connectivity index (χ2n) is 4.40. The highest BCUT2D eigenvalue weighted by Crippen LogP contribution is 2.24. The Morgan fingerprint density at radius 2 is 1.36 bits per heavy atom. The molecule has 118 valence electrons. The van der Waals surface area contributed by atoms with Crippen LogP contribution in [-0.2, 0) is 14.3 Å². The van der Waals surface area contributed by atoms with E-state index < -0.39 is 10.1 Å². The number of hydrogen-bond acceptors (Lipinski definition) is 5. The Morgan fingerprint density at radius 3 is 1.91 bits per heavy atom. The van der Waals surface area contributed by atoms with Crippen molar-refractivity contribution in [3.63, 3.8) is 0 Å². The van der Waals surface area contributed by atoms with E-state index in [4.69, 9.17) is 21.1 Å². The third-order valence-corrected chi connectivity index (χ3v) is 3.37. The highest BCUT2D eigenvalue weighted by Gasteiger charge is 2.02. The van der Waals surface area contributed by atoms with Crippen molar-refractivity contribution in [2.24, 2.45) is 0 Å². The number of rotatable bonds is 7. The maximum atomic E-state index is 10.8. The van der Waals surface area contributed by atoms with E-state index in [2.05, 4.69) is 4.18 Å². The third kappa shape index (κ3) is 5.93. The van der Waals surface area contributed by atoms with Gasteiger partial charge < -0.3 is 9.47 Å². The molecule has 0 aliphatic carbocycles. The van der Waals surface area contributed by atoms with Gasteiger partial charge in [-0.25, -0.2) is 0 Å². The fraction of sp³-hybridized carbons (Fsp3) is 0.200. The zero-order valence-corrected chi connectivity index (χ0v) is 13.4. The van der Waals surface area contributed by atoms with E-state index in [9.17, 15) is 8.42 Å². The molecule has 0 N–H and O–H groups in total. The Bertz CT molecular complexity index is 696. The Labute approximate surface area is 134 Å². The normalized spacial score (nSPS) is 11.2. The summed E-state index contributed by atoms with van der Waals surface area (Å²) in [6.45, 7) is 0.117. The van der Waals surface area contributed by atoms with Crippen LogP contribution in [0.3, 0.4) is 0 Å². The van der Waals surface area contributed by atoms with Gasteiger partial charge in [-0.2, -0.15) is 8.42 Å². The zero-order chi connectivity index (χ0) is 16.0. The monoisotopic (exact) mass is 342 g/mol. The van der Waals surface area contributed by atoms with Crippen LogP contribution in [0, 0.1) is 0 Å². The molecule has 2 aromatic carbocycles. The highest BCUT2D eigenvalue weighted by atomic mass is 35.5. The standard InChI is InChI=1S/C15H15ClO5S/c1-22(17,18)20-11-10-19-13-6-8-15(9-7-13)21-14-4-2-12(16)3-5-14/h2-9H,10-11H2,1H3. The van der Waals surface area contributed by atoms with Crippen molar-refractivity contribution in [2.75, 3.05) is 19.5 Å². The van der Waals surface area contributed by atoms with Gasteiger partial charge in [-0.05, 0) is 48.5 Å². The minimum absolute atomic E-state index is 0.0259. The molecular formula is C15H15ClO5S. The van der Waals surface area contributed by atoms with E-state index in [0.29, 0.717) is 22.3 Å². The summed E-state index contributed by atoms with van der Waals surface area (Å²) in [5, 5.41) is 0.646. The number of benzene rings is 2.